The van der Waals surface area contributed by atoms with Crippen LogP contribution in [0.25, 0.3) is 6.08 Å². The second-order valence-electron chi connectivity index (χ2n) is 4.44. The Balaban J connectivity index is 1.95. The number of likely N-dealkylation sites (N-methyl/N-ethyl adjacent to an activating group) is 1. The van der Waals surface area contributed by atoms with Gasteiger partial charge in [0, 0.05) is 32.1 Å². The van der Waals surface area contributed by atoms with E-state index in [1.165, 1.54) is 18.2 Å². The molecule has 102 valence electrons. The van der Waals surface area contributed by atoms with Crippen molar-refractivity contribution in [3.05, 3.63) is 71.8 Å². The first-order valence-electron chi connectivity index (χ1n) is 6.23. The fourth-order valence-electron chi connectivity index (χ4n) is 1.71. The lowest BCUT2D eigenvalue weighted by Crippen LogP contribution is -2.24. The van der Waals surface area contributed by atoms with E-state index < -0.39 is 0 Å². The summed E-state index contributed by atoms with van der Waals surface area (Å²) < 4.78 is 12.8. The van der Waals surface area contributed by atoms with Crippen molar-refractivity contribution >= 4 is 12.0 Å². The SMILES string of the molecule is CN(Cc1ccc(F)cc1)C(=O)/C=C/c1cccnc1. The highest BCUT2D eigenvalue weighted by Gasteiger charge is 2.05. The van der Waals surface area contributed by atoms with E-state index in [0.29, 0.717) is 6.54 Å². The molecule has 0 saturated carbocycles. The van der Waals surface area contributed by atoms with Gasteiger partial charge in [-0.3, -0.25) is 9.78 Å². The van der Waals surface area contributed by atoms with Crippen molar-refractivity contribution in [3.8, 4) is 0 Å². The molecular weight excluding hydrogens is 255 g/mol. The summed E-state index contributed by atoms with van der Waals surface area (Å²) in [4.78, 5) is 17.5. The molecule has 4 heteroatoms. The Morgan fingerprint density at radius 2 is 2.05 bits per heavy atom. The predicted octanol–water partition coefficient (Wildman–Crippen LogP) is 2.89. The summed E-state index contributed by atoms with van der Waals surface area (Å²) in [5, 5.41) is 0. The van der Waals surface area contributed by atoms with Crippen LogP contribution in [0.5, 0.6) is 0 Å². The third kappa shape index (κ3) is 4.02. The number of carbonyl (C=O) groups excluding carboxylic acids is 1. The smallest absolute Gasteiger partial charge is 0.246 e. The molecule has 3 nitrogen and oxygen atoms in total. The van der Waals surface area contributed by atoms with Crippen LogP contribution in [-0.2, 0) is 11.3 Å². The van der Waals surface area contributed by atoms with Crippen molar-refractivity contribution in [3.63, 3.8) is 0 Å². The van der Waals surface area contributed by atoms with Gasteiger partial charge in [-0.25, -0.2) is 4.39 Å². The van der Waals surface area contributed by atoms with Crippen molar-refractivity contribution in [2.24, 2.45) is 0 Å². The monoisotopic (exact) mass is 270 g/mol. The second-order valence-corrected chi connectivity index (χ2v) is 4.44. The number of carbonyl (C=O) groups is 1. The molecule has 0 radical (unpaired) electrons. The van der Waals surface area contributed by atoms with Crippen LogP contribution >= 0.6 is 0 Å². The number of rotatable bonds is 4. The van der Waals surface area contributed by atoms with Gasteiger partial charge in [-0.2, -0.15) is 0 Å². The molecule has 0 bridgehead atoms. The third-order valence-corrected chi connectivity index (χ3v) is 2.81. The first-order valence-corrected chi connectivity index (χ1v) is 6.23. The number of halogens is 1. The van der Waals surface area contributed by atoms with Crippen molar-refractivity contribution in [1.29, 1.82) is 0 Å². The minimum atomic E-state index is -0.279. The lowest BCUT2D eigenvalue weighted by atomic mass is 10.2. The Hall–Kier alpha value is -2.49. The van der Waals surface area contributed by atoms with Crippen molar-refractivity contribution < 1.29 is 9.18 Å². The largest absolute Gasteiger partial charge is 0.338 e. The van der Waals surface area contributed by atoms with E-state index in [1.54, 1.807) is 42.6 Å². The molecule has 0 atom stereocenters. The van der Waals surface area contributed by atoms with Crippen molar-refractivity contribution in [2.45, 2.75) is 6.54 Å². The Labute approximate surface area is 117 Å². The minimum Gasteiger partial charge on any atom is -0.338 e. The van der Waals surface area contributed by atoms with Gasteiger partial charge in [-0.1, -0.05) is 18.2 Å². The van der Waals surface area contributed by atoms with Gasteiger partial charge in [-0.05, 0) is 35.4 Å². The third-order valence-electron chi connectivity index (χ3n) is 2.81. The number of benzene rings is 1. The molecule has 0 N–H and O–H groups in total. The van der Waals surface area contributed by atoms with E-state index >= 15 is 0 Å². The second kappa shape index (κ2) is 6.61. The summed E-state index contributed by atoms with van der Waals surface area (Å²) in [5.74, 6) is -0.391. The van der Waals surface area contributed by atoms with Crippen LogP contribution in [0.4, 0.5) is 4.39 Å². The lowest BCUT2D eigenvalue weighted by molar-refractivity contribution is -0.125. The van der Waals surface area contributed by atoms with Gasteiger partial charge in [0.1, 0.15) is 5.82 Å². The van der Waals surface area contributed by atoms with Crippen LogP contribution in [0.3, 0.4) is 0 Å². The van der Waals surface area contributed by atoms with E-state index in [9.17, 15) is 9.18 Å². The van der Waals surface area contributed by atoms with Gasteiger partial charge < -0.3 is 4.90 Å². The molecular formula is C16H15FN2O. The zero-order valence-corrected chi connectivity index (χ0v) is 11.2. The molecule has 1 heterocycles. The number of hydrogen-bond donors (Lipinski definition) is 0. The first-order chi connectivity index (χ1) is 9.65. The van der Waals surface area contributed by atoms with Crippen LogP contribution in [0, 0.1) is 5.82 Å². The van der Waals surface area contributed by atoms with Gasteiger partial charge in [-0.15, -0.1) is 0 Å². The van der Waals surface area contributed by atoms with Gasteiger partial charge in [0.05, 0.1) is 0 Å². The Morgan fingerprint density at radius 3 is 2.70 bits per heavy atom. The molecule has 0 aliphatic heterocycles. The first kappa shape index (κ1) is 13.9. The summed E-state index contributed by atoms with van der Waals surface area (Å²) >= 11 is 0. The van der Waals surface area contributed by atoms with Crippen LogP contribution < -0.4 is 0 Å². The maximum atomic E-state index is 12.8. The lowest BCUT2D eigenvalue weighted by Gasteiger charge is -2.15. The van der Waals surface area contributed by atoms with Gasteiger partial charge in [0.2, 0.25) is 5.91 Å². The summed E-state index contributed by atoms with van der Waals surface area (Å²) in [6.07, 6.45) is 6.58. The van der Waals surface area contributed by atoms with E-state index in [0.717, 1.165) is 11.1 Å². The highest BCUT2D eigenvalue weighted by Crippen LogP contribution is 2.06. The van der Waals surface area contributed by atoms with Gasteiger partial charge in [0.15, 0.2) is 0 Å². The Kier molecular flexibility index (Phi) is 4.60. The highest BCUT2D eigenvalue weighted by molar-refractivity contribution is 5.91. The number of aromatic nitrogens is 1. The van der Waals surface area contributed by atoms with E-state index in [-0.39, 0.29) is 11.7 Å². The number of nitrogens with zero attached hydrogens (tertiary/aromatic N) is 2. The van der Waals surface area contributed by atoms with E-state index in [4.69, 9.17) is 0 Å². The zero-order chi connectivity index (χ0) is 14.4. The molecule has 0 unspecified atom stereocenters. The molecule has 2 aromatic rings. The van der Waals surface area contributed by atoms with E-state index in [1.807, 2.05) is 12.1 Å². The molecule has 1 aromatic carbocycles. The number of hydrogen-bond acceptors (Lipinski definition) is 2. The Morgan fingerprint density at radius 1 is 1.30 bits per heavy atom. The quantitative estimate of drug-likeness (QED) is 0.800. The van der Waals surface area contributed by atoms with E-state index in [2.05, 4.69) is 4.98 Å². The Bertz CT molecular complexity index is 594. The molecule has 1 amide bonds. The normalized spacial score (nSPS) is 10.7. The van der Waals surface area contributed by atoms with Gasteiger partial charge >= 0.3 is 0 Å². The molecule has 20 heavy (non-hydrogen) atoms. The fourth-order valence-corrected chi connectivity index (χ4v) is 1.71. The topological polar surface area (TPSA) is 33.2 Å². The number of amides is 1. The number of pyridine rings is 1. The molecule has 1 aromatic heterocycles. The van der Waals surface area contributed by atoms with Crippen LogP contribution in [0.2, 0.25) is 0 Å². The summed E-state index contributed by atoms with van der Waals surface area (Å²) in [6.45, 7) is 0.441. The zero-order valence-electron chi connectivity index (χ0n) is 11.2. The van der Waals surface area contributed by atoms with Crippen LogP contribution in [0.15, 0.2) is 54.9 Å². The minimum absolute atomic E-state index is 0.113. The van der Waals surface area contributed by atoms with Crippen LogP contribution in [-0.4, -0.2) is 22.8 Å². The standard InChI is InChI=1S/C16H15FN2O/c1-19(12-14-4-7-15(17)8-5-14)16(20)9-6-13-3-2-10-18-11-13/h2-11H,12H2,1H3/b9-6+. The molecule has 0 fully saturated rings. The molecule has 2 rings (SSSR count). The average molecular weight is 270 g/mol. The summed E-state index contributed by atoms with van der Waals surface area (Å²) in [6, 6.07) is 9.80. The van der Waals surface area contributed by atoms with Gasteiger partial charge in [0.25, 0.3) is 0 Å². The molecule has 0 spiro atoms. The summed E-state index contributed by atoms with van der Waals surface area (Å²) in [5.41, 5.74) is 1.76. The predicted molar refractivity (Wildman–Crippen MR) is 76.1 cm³/mol. The van der Waals surface area contributed by atoms with Crippen molar-refractivity contribution in [1.82, 2.24) is 9.88 Å². The maximum absolute atomic E-state index is 12.8. The maximum Gasteiger partial charge on any atom is 0.246 e. The van der Waals surface area contributed by atoms with Crippen molar-refractivity contribution in [2.75, 3.05) is 7.05 Å². The molecule has 0 aliphatic rings. The molecule has 0 saturated heterocycles. The fraction of sp³-hybridized carbons (Fsp3) is 0.125. The van der Waals surface area contributed by atoms with Crippen LogP contribution in [0.1, 0.15) is 11.1 Å². The average Bonchev–Trinajstić information content (AvgIpc) is 2.48. The molecule has 0 aliphatic carbocycles. The summed E-state index contributed by atoms with van der Waals surface area (Å²) in [7, 11) is 1.71. The highest BCUT2D eigenvalue weighted by atomic mass is 19.1.